The summed E-state index contributed by atoms with van der Waals surface area (Å²) in [5, 5.41) is 5.39. The van der Waals surface area contributed by atoms with Crippen LogP contribution in [0.4, 0.5) is 5.69 Å². The molecule has 22 heavy (non-hydrogen) atoms. The van der Waals surface area contributed by atoms with Crippen LogP contribution in [-0.2, 0) is 4.79 Å². The van der Waals surface area contributed by atoms with Crippen molar-refractivity contribution in [3.8, 4) is 0 Å². The van der Waals surface area contributed by atoms with Crippen molar-refractivity contribution in [2.24, 2.45) is 5.92 Å². The number of fused-ring (bicyclic) bond motifs is 1. The SMILES string of the molecule is O=C(Nc1ccc2ccccc2c1)[C@H]1C[C@H]1c1ccccc1. The number of carbonyl (C=O) groups excluding carboxylic acids is 1. The molecule has 1 saturated carbocycles. The molecule has 2 nitrogen and oxygen atoms in total. The van der Waals surface area contributed by atoms with E-state index in [-0.39, 0.29) is 11.8 Å². The molecule has 2 heteroatoms. The van der Waals surface area contributed by atoms with Crippen molar-refractivity contribution in [3.63, 3.8) is 0 Å². The van der Waals surface area contributed by atoms with Gasteiger partial charge in [0.1, 0.15) is 0 Å². The van der Waals surface area contributed by atoms with Crippen LogP contribution in [0.5, 0.6) is 0 Å². The van der Waals surface area contributed by atoms with Gasteiger partial charge in [0.25, 0.3) is 0 Å². The van der Waals surface area contributed by atoms with Gasteiger partial charge in [0.05, 0.1) is 0 Å². The Hall–Kier alpha value is -2.61. The lowest BCUT2D eigenvalue weighted by Gasteiger charge is -2.06. The fraction of sp³-hybridized carbons (Fsp3) is 0.150. The van der Waals surface area contributed by atoms with Crippen molar-refractivity contribution >= 4 is 22.4 Å². The second kappa shape index (κ2) is 5.30. The third-order valence-corrected chi connectivity index (χ3v) is 4.37. The molecule has 0 unspecified atom stereocenters. The maximum Gasteiger partial charge on any atom is 0.228 e. The molecule has 1 fully saturated rings. The third-order valence-electron chi connectivity index (χ3n) is 4.37. The van der Waals surface area contributed by atoms with Crippen LogP contribution in [0.3, 0.4) is 0 Å². The maximum absolute atomic E-state index is 12.4. The van der Waals surface area contributed by atoms with Crippen LogP contribution < -0.4 is 5.32 Å². The molecule has 0 saturated heterocycles. The molecule has 0 spiro atoms. The lowest BCUT2D eigenvalue weighted by molar-refractivity contribution is -0.117. The number of hydrogen-bond donors (Lipinski definition) is 1. The average Bonchev–Trinajstić information content (AvgIpc) is 3.36. The number of anilines is 1. The lowest BCUT2D eigenvalue weighted by Crippen LogP contribution is -2.14. The summed E-state index contributed by atoms with van der Waals surface area (Å²) in [5.41, 5.74) is 2.14. The van der Waals surface area contributed by atoms with Gasteiger partial charge in [-0.3, -0.25) is 4.79 Å². The van der Waals surface area contributed by atoms with Crippen LogP contribution in [0.25, 0.3) is 10.8 Å². The topological polar surface area (TPSA) is 29.1 Å². The summed E-state index contributed by atoms with van der Waals surface area (Å²) in [4.78, 5) is 12.4. The monoisotopic (exact) mass is 287 g/mol. The predicted octanol–water partition coefficient (Wildman–Crippen LogP) is 4.58. The predicted molar refractivity (Wildman–Crippen MR) is 89.9 cm³/mol. The first-order valence-electron chi connectivity index (χ1n) is 7.66. The number of carbonyl (C=O) groups is 1. The molecule has 1 amide bonds. The van der Waals surface area contributed by atoms with Crippen LogP contribution in [0, 0.1) is 5.92 Å². The Bertz CT molecular complexity index is 825. The summed E-state index contributed by atoms with van der Waals surface area (Å²) < 4.78 is 0. The van der Waals surface area contributed by atoms with E-state index in [0.29, 0.717) is 5.92 Å². The number of rotatable bonds is 3. The van der Waals surface area contributed by atoms with Gasteiger partial charge in [-0.05, 0) is 40.8 Å². The highest BCUT2D eigenvalue weighted by Crippen LogP contribution is 2.47. The minimum absolute atomic E-state index is 0.105. The second-order valence-electron chi connectivity index (χ2n) is 5.91. The normalized spacial score (nSPS) is 19.8. The van der Waals surface area contributed by atoms with Crippen molar-refractivity contribution in [1.29, 1.82) is 0 Å². The fourth-order valence-electron chi connectivity index (χ4n) is 3.06. The van der Waals surface area contributed by atoms with Crippen molar-refractivity contribution in [2.45, 2.75) is 12.3 Å². The Balaban J connectivity index is 1.48. The standard InChI is InChI=1S/C20H17NO/c22-20(19-13-18(19)15-7-2-1-3-8-15)21-17-11-10-14-6-4-5-9-16(14)12-17/h1-12,18-19H,13H2,(H,21,22)/t18-,19-/m0/s1. The molecule has 3 aromatic rings. The van der Waals surface area contributed by atoms with Crippen LogP contribution in [0.15, 0.2) is 72.8 Å². The molecule has 0 radical (unpaired) electrons. The number of benzene rings is 3. The van der Waals surface area contributed by atoms with E-state index in [4.69, 9.17) is 0 Å². The van der Waals surface area contributed by atoms with Crippen molar-refractivity contribution in [3.05, 3.63) is 78.4 Å². The molecule has 0 aromatic heterocycles. The zero-order valence-electron chi connectivity index (χ0n) is 12.2. The van der Waals surface area contributed by atoms with E-state index in [1.807, 2.05) is 48.5 Å². The first-order valence-corrected chi connectivity index (χ1v) is 7.66. The summed E-state index contributed by atoms with van der Waals surface area (Å²) in [6.07, 6.45) is 0.948. The van der Waals surface area contributed by atoms with E-state index in [0.717, 1.165) is 17.5 Å². The molecule has 1 aliphatic rings. The van der Waals surface area contributed by atoms with Crippen LogP contribution in [0.1, 0.15) is 17.9 Å². The van der Waals surface area contributed by atoms with Gasteiger partial charge in [0, 0.05) is 11.6 Å². The summed E-state index contributed by atoms with van der Waals surface area (Å²) in [6.45, 7) is 0. The highest BCUT2D eigenvalue weighted by atomic mass is 16.2. The molecule has 0 aliphatic heterocycles. The Morgan fingerprint density at radius 3 is 2.41 bits per heavy atom. The Kier molecular flexibility index (Phi) is 3.15. The van der Waals surface area contributed by atoms with Gasteiger partial charge in [-0.2, -0.15) is 0 Å². The van der Waals surface area contributed by atoms with Crippen molar-refractivity contribution in [2.75, 3.05) is 5.32 Å². The number of hydrogen-bond acceptors (Lipinski definition) is 1. The van der Waals surface area contributed by atoms with E-state index >= 15 is 0 Å². The quantitative estimate of drug-likeness (QED) is 0.750. The molecular weight excluding hydrogens is 270 g/mol. The van der Waals surface area contributed by atoms with Gasteiger partial charge < -0.3 is 5.32 Å². The van der Waals surface area contributed by atoms with E-state index < -0.39 is 0 Å². The molecular formula is C20H17NO. The van der Waals surface area contributed by atoms with E-state index in [9.17, 15) is 4.79 Å². The summed E-state index contributed by atoms with van der Waals surface area (Å²) >= 11 is 0. The van der Waals surface area contributed by atoms with Gasteiger partial charge in [0.2, 0.25) is 5.91 Å². The Morgan fingerprint density at radius 1 is 0.864 bits per heavy atom. The highest BCUT2D eigenvalue weighted by Gasteiger charge is 2.43. The number of amides is 1. The highest BCUT2D eigenvalue weighted by molar-refractivity contribution is 5.97. The van der Waals surface area contributed by atoms with Gasteiger partial charge in [-0.15, -0.1) is 0 Å². The number of nitrogens with one attached hydrogen (secondary N) is 1. The first-order chi connectivity index (χ1) is 10.8. The minimum atomic E-state index is 0.105. The third kappa shape index (κ3) is 2.48. The molecule has 0 bridgehead atoms. The van der Waals surface area contributed by atoms with Gasteiger partial charge in [-0.1, -0.05) is 60.7 Å². The maximum atomic E-state index is 12.4. The summed E-state index contributed by atoms with van der Waals surface area (Å²) in [6, 6.07) is 24.5. The zero-order chi connectivity index (χ0) is 14.9. The van der Waals surface area contributed by atoms with Gasteiger partial charge in [-0.25, -0.2) is 0 Å². The Morgan fingerprint density at radius 2 is 1.59 bits per heavy atom. The van der Waals surface area contributed by atoms with Crippen LogP contribution in [0.2, 0.25) is 0 Å². The molecule has 3 aromatic carbocycles. The molecule has 1 aliphatic carbocycles. The molecule has 108 valence electrons. The van der Waals surface area contributed by atoms with Gasteiger partial charge in [0.15, 0.2) is 0 Å². The molecule has 0 heterocycles. The lowest BCUT2D eigenvalue weighted by atomic mass is 10.1. The molecule has 2 atom stereocenters. The summed E-state index contributed by atoms with van der Waals surface area (Å²) in [5.74, 6) is 0.611. The average molecular weight is 287 g/mol. The van der Waals surface area contributed by atoms with E-state index in [1.165, 1.54) is 10.9 Å². The fourth-order valence-corrected chi connectivity index (χ4v) is 3.06. The van der Waals surface area contributed by atoms with E-state index in [1.54, 1.807) is 0 Å². The second-order valence-corrected chi connectivity index (χ2v) is 5.91. The van der Waals surface area contributed by atoms with E-state index in [2.05, 4.69) is 29.6 Å². The minimum Gasteiger partial charge on any atom is -0.326 e. The first kappa shape index (κ1) is 13.1. The van der Waals surface area contributed by atoms with Crippen molar-refractivity contribution < 1.29 is 4.79 Å². The summed E-state index contributed by atoms with van der Waals surface area (Å²) in [7, 11) is 0. The Labute approximate surface area is 129 Å². The van der Waals surface area contributed by atoms with Crippen LogP contribution in [-0.4, -0.2) is 5.91 Å². The smallest absolute Gasteiger partial charge is 0.228 e. The molecule has 1 N–H and O–H groups in total. The largest absolute Gasteiger partial charge is 0.326 e. The van der Waals surface area contributed by atoms with Crippen molar-refractivity contribution in [1.82, 2.24) is 0 Å². The zero-order valence-corrected chi connectivity index (χ0v) is 12.2. The van der Waals surface area contributed by atoms with Crippen LogP contribution >= 0.6 is 0 Å². The van der Waals surface area contributed by atoms with Gasteiger partial charge >= 0.3 is 0 Å². The molecule has 4 rings (SSSR count).